The normalized spacial score (nSPS) is 12.5. The lowest BCUT2D eigenvalue weighted by molar-refractivity contribution is 0.402. The third kappa shape index (κ3) is 3.45. The first-order valence-corrected chi connectivity index (χ1v) is 13.2. The minimum Gasteiger partial charge on any atom is -0.455 e. The van der Waals surface area contributed by atoms with E-state index in [4.69, 9.17) is 4.42 Å². The summed E-state index contributed by atoms with van der Waals surface area (Å²) in [4.78, 5) is 9.09. The summed E-state index contributed by atoms with van der Waals surface area (Å²) in [5.41, 5.74) is 6.37. The summed E-state index contributed by atoms with van der Waals surface area (Å²) in [6.07, 6.45) is 2.21. The molecule has 190 valence electrons. The summed E-state index contributed by atoms with van der Waals surface area (Å²) in [6.45, 7) is 0. The Morgan fingerprint density at radius 2 is 1.43 bits per heavy atom. The number of furan rings is 1. The highest BCUT2D eigenvalue weighted by Gasteiger charge is 2.21. The first-order valence-electron chi connectivity index (χ1n) is 13.2. The van der Waals surface area contributed by atoms with Gasteiger partial charge in [-0.2, -0.15) is 0 Å². The molecule has 0 N–H and O–H groups in total. The van der Waals surface area contributed by atoms with E-state index in [-0.39, 0.29) is 0 Å². The zero-order valence-corrected chi connectivity index (χ0v) is 21.3. The maximum atomic E-state index is 16.2. The highest BCUT2D eigenvalue weighted by atomic mass is 19.1. The van der Waals surface area contributed by atoms with Crippen LogP contribution in [0.4, 0.5) is 4.39 Å². The fourth-order valence-electron chi connectivity index (χ4n) is 5.77. The molecule has 1 atom stereocenters. The minimum atomic E-state index is -1.31. The van der Waals surface area contributed by atoms with Crippen molar-refractivity contribution >= 4 is 43.7 Å². The van der Waals surface area contributed by atoms with E-state index in [9.17, 15) is 0 Å². The number of aromatic nitrogens is 3. The van der Waals surface area contributed by atoms with Crippen molar-refractivity contribution in [2.75, 3.05) is 0 Å². The van der Waals surface area contributed by atoms with Crippen LogP contribution < -0.4 is 0 Å². The molecule has 0 amide bonds. The fourth-order valence-corrected chi connectivity index (χ4v) is 5.77. The van der Waals surface area contributed by atoms with Gasteiger partial charge in [-0.25, -0.2) is 9.37 Å². The lowest BCUT2D eigenvalue weighted by Crippen LogP contribution is -1.99. The first-order chi connectivity index (χ1) is 19.8. The van der Waals surface area contributed by atoms with E-state index < -0.39 is 6.17 Å². The molecular formula is C35H22FN3O. The van der Waals surface area contributed by atoms with E-state index in [0.717, 1.165) is 60.8 Å². The predicted octanol–water partition coefficient (Wildman–Crippen LogP) is 9.20. The van der Waals surface area contributed by atoms with Gasteiger partial charge in [0, 0.05) is 34.1 Å². The average Bonchev–Trinajstić information content (AvgIpc) is 3.57. The summed E-state index contributed by atoms with van der Waals surface area (Å²) < 4.78 is 24.7. The van der Waals surface area contributed by atoms with Gasteiger partial charge in [-0.3, -0.25) is 9.55 Å². The maximum Gasteiger partial charge on any atom is 0.150 e. The predicted molar refractivity (Wildman–Crippen MR) is 158 cm³/mol. The van der Waals surface area contributed by atoms with Crippen LogP contribution in [0.15, 0.2) is 132 Å². The van der Waals surface area contributed by atoms with Crippen LogP contribution in [-0.4, -0.2) is 14.5 Å². The second-order valence-corrected chi connectivity index (χ2v) is 9.94. The van der Waals surface area contributed by atoms with E-state index in [1.165, 1.54) is 0 Å². The molecule has 0 saturated carbocycles. The molecule has 0 aliphatic carbocycles. The molecule has 0 spiro atoms. The Kier molecular flexibility index (Phi) is 5.04. The molecule has 0 aliphatic rings. The second kappa shape index (κ2) is 8.89. The number of hydrogen-bond donors (Lipinski definition) is 0. The van der Waals surface area contributed by atoms with Gasteiger partial charge in [-0.1, -0.05) is 60.7 Å². The standard InChI is InChI=1S/C35H22FN3O/c36-34(23-9-7-8-22(20-23)28-11-3-5-18-37-28)24-14-15-27-30(21-24)39(32-13-4-6-19-38-32)29-17-16-26-25-10-1-2-12-31(25)40-35(26)33(27)29/h1-21,34H. The van der Waals surface area contributed by atoms with Crippen LogP contribution in [0.1, 0.15) is 17.3 Å². The maximum absolute atomic E-state index is 16.2. The first kappa shape index (κ1) is 22.7. The van der Waals surface area contributed by atoms with Gasteiger partial charge in [-0.15, -0.1) is 0 Å². The van der Waals surface area contributed by atoms with Gasteiger partial charge in [0.15, 0.2) is 6.17 Å². The molecular weight excluding hydrogens is 497 g/mol. The fraction of sp³-hybridized carbons (Fsp3) is 0.0286. The third-order valence-electron chi connectivity index (χ3n) is 7.61. The van der Waals surface area contributed by atoms with Crippen molar-refractivity contribution in [3.05, 3.63) is 139 Å². The molecule has 8 rings (SSSR count). The Labute approximate surface area is 229 Å². The van der Waals surface area contributed by atoms with Crippen molar-refractivity contribution in [2.45, 2.75) is 6.17 Å². The summed E-state index contributed by atoms with van der Waals surface area (Å²) in [7, 11) is 0. The van der Waals surface area contributed by atoms with E-state index in [1.807, 2.05) is 97.1 Å². The number of rotatable bonds is 4. The van der Waals surface area contributed by atoms with Crippen molar-refractivity contribution < 1.29 is 8.81 Å². The SMILES string of the molecule is FC(c1cccc(-c2ccccn2)c1)c1ccc2c3c4oc5ccccc5c4ccc3n(-c3ccccn3)c2c1. The minimum absolute atomic E-state index is 0.575. The third-order valence-corrected chi connectivity index (χ3v) is 7.61. The lowest BCUT2D eigenvalue weighted by atomic mass is 9.98. The van der Waals surface area contributed by atoms with Crippen molar-refractivity contribution in [3.8, 4) is 17.1 Å². The van der Waals surface area contributed by atoms with E-state index in [1.54, 1.807) is 12.4 Å². The number of halogens is 1. The van der Waals surface area contributed by atoms with E-state index >= 15 is 4.39 Å². The summed E-state index contributed by atoms with van der Waals surface area (Å²) >= 11 is 0. The Bertz CT molecular complexity index is 2180. The zero-order valence-electron chi connectivity index (χ0n) is 21.3. The number of alkyl halides is 1. The molecule has 4 aromatic heterocycles. The quantitative estimate of drug-likeness (QED) is 0.233. The Hall–Kier alpha value is -5.29. The average molecular weight is 520 g/mol. The summed E-state index contributed by atoms with van der Waals surface area (Å²) in [5.74, 6) is 0.766. The number of pyridine rings is 2. The van der Waals surface area contributed by atoms with Crippen molar-refractivity contribution in [1.29, 1.82) is 0 Å². The highest BCUT2D eigenvalue weighted by Crippen LogP contribution is 2.41. The number of hydrogen-bond acceptors (Lipinski definition) is 3. The molecule has 0 aliphatic heterocycles. The Balaban J connectivity index is 1.36. The van der Waals surface area contributed by atoms with Crippen molar-refractivity contribution in [2.24, 2.45) is 0 Å². The molecule has 0 saturated heterocycles. The van der Waals surface area contributed by atoms with Gasteiger partial charge in [0.2, 0.25) is 0 Å². The topological polar surface area (TPSA) is 43.9 Å². The second-order valence-electron chi connectivity index (χ2n) is 9.94. The molecule has 0 radical (unpaired) electrons. The number of para-hydroxylation sites is 1. The van der Waals surface area contributed by atoms with Gasteiger partial charge in [-0.05, 0) is 65.7 Å². The monoisotopic (exact) mass is 519 g/mol. The van der Waals surface area contributed by atoms with Crippen molar-refractivity contribution in [1.82, 2.24) is 14.5 Å². The largest absolute Gasteiger partial charge is 0.455 e. The van der Waals surface area contributed by atoms with Gasteiger partial charge < -0.3 is 4.42 Å². The van der Waals surface area contributed by atoms with Crippen LogP contribution in [0.5, 0.6) is 0 Å². The molecule has 0 bridgehead atoms. The van der Waals surface area contributed by atoms with Crippen LogP contribution in [0.3, 0.4) is 0 Å². The van der Waals surface area contributed by atoms with Gasteiger partial charge in [0.05, 0.1) is 22.1 Å². The molecule has 1 unspecified atom stereocenters. The smallest absolute Gasteiger partial charge is 0.150 e. The summed E-state index contributed by atoms with van der Waals surface area (Å²) in [6, 6.07) is 37.2. The number of fused-ring (bicyclic) bond motifs is 7. The Morgan fingerprint density at radius 3 is 2.27 bits per heavy atom. The van der Waals surface area contributed by atoms with Crippen LogP contribution in [0.2, 0.25) is 0 Å². The van der Waals surface area contributed by atoms with Gasteiger partial charge in [0.1, 0.15) is 17.0 Å². The number of nitrogens with zero attached hydrogens (tertiary/aromatic N) is 3. The zero-order chi connectivity index (χ0) is 26.6. The molecule has 4 aromatic carbocycles. The molecule has 8 aromatic rings. The molecule has 40 heavy (non-hydrogen) atoms. The molecule has 4 nitrogen and oxygen atoms in total. The van der Waals surface area contributed by atoms with Gasteiger partial charge in [0.25, 0.3) is 0 Å². The van der Waals surface area contributed by atoms with Crippen LogP contribution in [0.25, 0.3) is 60.8 Å². The molecule has 4 heterocycles. The van der Waals surface area contributed by atoms with Crippen LogP contribution in [0, 0.1) is 0 Å². The molecule has 0 fully saturated rings. The van der Waals surface area contributed by atoms with Gasteiger partial charge >= 0.3 is 0 Å². The van der Waals surface area contributed by atoms with Crippen LogP contribution >= 0.6 is 0 Å². The Morgan fingerprint density at radius 1 is 0.625 bits per heavy atom. The van der Waals surface area contributed by atoms with Crippen molar-refractivity contribution in [3.63, 3.8) is 0 Å². The number of benzene rings is 4. The van der Waals surface area contributed by atoms with E-state index in [0.29, 0.717) is 11.1 Å². The van der Waals surface area contributed by atoms with E-state index in [2.05, 4.69) is 32.7 Å². The highest BCUT2D eigenvalue weighted by molar-refractivity contribution is 6.23. The van der Waals surface area contributed by atoms with Crippen LogP contribution in [-0.2, 0) is 0 Å². The summed E-state index contributed by atoms with van der Waals surface area (Å²) in [5, 5.41) is 4.12. The lowest BCUT2D eigenvalue weighted by Gasteiger charge is -2.12. The molecule has 5 heteroatoms.